The van der Waals surface area contributed by atoms with Crippen molar-refractivity contribution in [2.24, 2.45) is 22.2 Å². The first-order chi connectivity index (χ1) is 17.9. The molecule has 2 heterocycles. The predicted molar refractivity (Wildman–Crippen MR) is 154 cm³/mol. The standard InChI is InChI=1S/C33H48O6/c1-22-10-13-27-25(14-22)15-26(38-27)19-32(8,9)29(36)37-21-33(20-34)18-24(28(35)39-33)12-11-23(16-30(2,3)4)17-31(5,6)7/h10,12-15,23,34H,11,16-21H2,1-9H3/b24-12+/t33-/m1/s1. The average Bonchev–Trinajstić information content (AvgIpc) is 3.32. The third-order valence-corrected chi connectivity index (χ3v) is 7.23. The number of aliphatic hydroxyl groups is 1. The van der Waals surface area contributed by atoms with E-state index in [9.17, 15) is 14.7 Å². The molecule has 0 amide bonds. The summed E-state index contributed by atoms with van der Waals surface area (Å²) in [5, 5.41) is 11.2. The molecule has 6 heteroatoms. The molecule has 1 aliphatic heterocycles. The van der Waals surface area contributed by atoms with Gasteiger partial charge >= 0.3 is 11.9 Å². The molecule has 1 saturated heterocycles. The van der Waals surface area contributed by atoms with E-state index in [0.717, 1.165) is 35.8 Å². The highest BCUT2D eigenvalue weighted by atomic mass is 16.6. The third kappa shape index (κ3) is 8.69. The summed E-state index contributed by atoms with van der Waals surface area (Å²) in [5.41, 5.74) is 0.710. The number of carbonyl (C=O) groups excluding carboxylic acids is 2. The minimum atomic E-state index is -1.25. The molecule has 2 aromatic rings. The van der Waals surface area contributed by atoms with Gasteiger partial charge in [-0.25, -0.2) is 4.79 Å². The summed E-state index contributed by atoms with van der Waals surface area (Å²) < 4.78 is 17.2. The third-order valence-electron chi connectivity index (χ3n) is 7.23. The largest absolute Gasteiger partial charge is 0.461 e. The Morgan fingerprint density at radius 3 is 2.31 bits per heavy atom. The minimum absolute atomic E-state index is 0.182. The Morgan fingerprint density at radius 1 is 1.08 bits per heavy atom. The number of carbonyl (C=O) groups is 2. The van der Waals surface area contributed by atoms with E-state index in [4.69, 9.17) is 13.9 Å². The molecule has 0 aliphatic carbocycles. The van der Waals surface area contributed by atoms with E-state index in [1.807, 2.05) is 37.3 Å². The monoisotopic (exact) mass is 540 g/mol. The van der Waals surface area contributed by atoms with Crippen LogP contribution in [0.5, 0.6) is 0 Å². The number of ether oxygens (including phenoxy) is 2. The zero-order valence-corrected chi connectivity index (χ0v) is 25.4. The molecule has 1 N–H and O–H groups in total. The van der Waals surface area contributed by atoms with Crippen LogP contribution in [-0.2, 0) is 25.5 Å². The Morgan fingerprint density at radius 2 is 1.72 bits per heavy atom. The van der Waals surface area contributed by atoms with Crippen molar-refractivity contribution in [3.63, 3.8) is 0 Å². The fourth-order valence-corrected chi connectivity index (χ4v) is 5.57. The summed E-state index contributed by atoms with van der Waals surface area (Å²) in [5.74, 6) is 0.250. The number of hydrogen-bond acceptors (Lipinski definition) is 6. The van der Waals surface area contributed by atoms with Crippen molar-refractivity contribution in [1.29, 1.82) is 0 Å². The molecule has 0 saturated carbocycles. The SMILES string of the molecule is Cc1ccc2oc(CC(C)(C)C(=O)OC[C@]3(CO)C/C(=C\CC(CC(C)(C)C)CC(C)(C)C)C(=O)O3)cc2c1. The topological polar surface area (TPSA) is 86.0 Å². The number of esters is 2. The first kappa shape index (κ1) is 30.9. The lowest BCUT2D eigenvalue weighted by molar-refractivity contribution is -0.172. The zero-order chi connectivity index (χ0) is 29.2. The molecule has 6 nitrogen and oxygen atoms in total. The smallest absolute Gasteiger partial charge is 0.334 e. The number of rotatable bonds is 10. The summed E-state index contributed by atoms with van der Waals surface area (Å²) in [6.07, 6.45) is 5.41. The highest BCUT2D eigenvalue weighted by Gasteiger charge is 2.45. The van der Waals surface area contributed by atoms with Crippen LogP contribution in [-0.4, -0.2) is 35.9 Å². The van der Waals surface area contributed by atoms with E-state index in [1.54, 1.807) is 13.8 Å². The molecule has 216 valence electrons. The molecule has 3 rings (SSSR count). The maximum Gasteiger partial charge on any atom is 0.334 e. The first-order valence-corrected chi connectivity index (χ1v) is 14.1. The second-order valence-electron chi connectivity index (χ2n) is 14.7. The molecule has 0 spiro atoms. The van der Waals surface area contributed by atoms with E-state index < -0.39 is 29.6 Å². The van der Waals surface area contributed by atoms with Crippen LogP contribution in [0.25, 0.3) is 11.0 Å². The number of hydrogen-bond donors (Lipinski definition) is 1. The summed E-state index contributed by atoms with van der Waals surface area (Å²) in [6, 6.07) is 7.92. The summed E-state index contributed by atoms with van der Waals surface area (Å²) in [4.78, 5) is 25.9. The Kier molecular flexibility index (Phi) is 9.11. The molecule has 0 unspecified atom stereocenters. The number of aryl methyl sites for hydroxylation is 1. The van der Waals surface area contributed by atoms with Crippen molar-refractivity contribution in [3.8, 4) is 0 Å². The van der Waals surface area contributed by atoms with Gasteiger partial charge in [0, 0.05) is 23.8 Å². The molecule has 1 aliphatic rings. The van der Waals surface area contributed by atoms with Gasteiger partial charge < -0.3 is 19.0 Å². The van der Waals surface area contributed by atoms with E-state index >= 15 is 0 Å². The molecule has 1 aromatic carbocycles. The van der Waals surface area contributed by atoms with Crippen molar-refractivity contribution < 1.29 is 28.6 Å². The second-order valence-corrected chi connectivity index (χ2v) is 14.7. The number of fused-ring (bicyclic) bond motifs is 1. The maximum atomic E-state index is 13.1. The fourth-order valence-electron chi connectivity index (χ4n) is 5.57. The predicted octanol–water partition coefficient (Wildman–Crippen LogP) is 7.34. The van der Waals surface area contributed by atoms with Crippen LogP contribution in [0.1, 0.15) is 92.4 Å². The van der Waals surface area contributed by atoms with Gasteiger partial charge in [0.05, 0.1) is 12.0 Å². The van der Waals surface area contributed by atoms with Crippen LogP contribution < -0.4 is 0 Å². The highest BCUT2D eigenvalue weighted by molar-refractivity contribution is 5.91. The van der Waals surface area contributed by atoms with Crippen molar-refractivity contribution in [2.45, 2.75) is 100 Å². The van der Waals surface area contributed by atoms with Crippen LogP contribution in [0.15, 0.2) is 40.3 Å². The molecule has 0 bridgehead atoms. The number of benzene rings is 1. The molecule has 1 fully saturated rings. The van der Waals surface area contributed by atoms with E-state index in [0.29, 0.717) is 23.7 Å². The summed E-state index contributed by atoms with van der Waals surface area (Å²) >= 11 is 0. The molecule has 1 aromatic heterocycles. The van der Waals surface area contributed by atoms with Gasteiger partial charge in [-0.05, 0) is 75.0 Å². The number of furan rings is 1. The summed E-state index contributed by atoms with van der Waals surface area (Å²) in [7, 11) is 0. The van der Waals surface area contributed by atoms with E-state index in [2.05, 4.69) is 41.5 Å². The number of aliphatic hydroxyl groups excluding tert-OH is 1. The Bertz CT molecular complexity index is 1190. The van der Waals surface area contributed by atoms with Gasteiger partial charge in [0.1, 0.15) is 18.0 Å². The molecule has 0 radical (unpaired) electrons. The van der Waals surface area contributed by atoms with Crippen LogP contribution >= 0.6 is 0 Å². The highest BCUT2D eigenvalue weighted by Crippen LogP contribution is 2.37. The van der Waals surface area contributed by atoms with Crippen LogP contribution in [0, 0.1) is 29.1 Å². The normalized spacial score (nSPS) is 19.8. The van der Waals surface area contributed by atoms with Crippen molar-refractivity contribution in [1.82, 2.24) is 0 Å². The Balaban J connectivity index is 1.64. The van der Waals surface area contributed by atoms with Gasteiger partial charge in [0.25, 0.3) is 0 Å². The molecular formula is C33H48O6. The number of cyclic esters (lactones) is 1. The van der Waals surface area contributed by atoms with E-state index in [1.165, 1.54) is 0 Å². The zero-order valence-electron chi connectivity index (χ0n) is 25.4. The van der Waals surface area contributed by atoms with Crippen molar-refractivity contribution in [2.75, 3.05) is 13.2 Å². The quantitative estimate of drug-likeness (QED) is 0.251. The minimum Gasteiger partial charge on any atom is -0.461 e. The lowest BCUT2D eigenvalue weighted by Gasteiger charge is -2.30. The lowest BCUT2D eigenvalue weighted by Crippen LogP contribution is -2.41. The first-order valence-electron chi connectivity index (χ1n) is 14.1. The fraction of sp³-hybridized carbons (Fsp3) is 0.636. The molecule has 39 heavy (non-hydrogen) atoms. The summed E-state index contributed by atoms with van der Waals surface area (Å²) in [6.45, 7) is 18.4. The van der Waals surface area contributed by atoms with Crippen molar-refractivity contribution in [3.05, 3.63) is 47.2 Å². The molecular weight excluding hydrogens is 492 g/mol. The van der Waals surface area contributed by atoms with Crippen LogP contribution in [0.3, 0.4) is 0 Å². The van der Waals surface area contributed by atoms with Gasteiger partial charge in [-0.3, -0.25) is 4.79 Å². The Labute approximate surface area is 234 Å². The van der Waals surface area contributed by atoms with Gasteiger partial charge in [-0.1, -0.05) is 59.2 Å². The molecule has 1 atom stereocenters. The van der Waals surface area contributed by atoms with Crippen LogP contribution in [0.4, 0.5) is 0 Å². The van der Waals surface area contributed by atoms with Gasteiger partial charge in [0.15, 0.2) is 5.60 Å². The number of allylic oxidation sites excluding steroid dienone is 1. The second kappa shape index (κ2) is 11.5. The van der Waals surface area contributed by atoms with Gasteiger partial charge in [-0.2, -0.15) is 0 Å². The van der Waals surface area contributed by atoms with Crippen molar-refractivity contribution >= 4 is 22.9 Å². The average molecular weight is 541 g/mol. The Hall–Kier alpha value is -2.60. The van der Waals surface area contributed by atoms with E-state index in [-0.39, 0.29) is 23.9 Å². The van der Waals surface area contributed by atoms with Crippen LogP contribution in [0.2, 0.25) is 0 Å². The van der Waals surface area contributed by atoms with Gasteiger partial charge in [-0.15, -0.1) is 0 Å². The lowest BCUT2D eigenvalue weighted by atomic mass is 9.75. The maximum absolute atomic E-state index is 13.1. The van der Waals surface area contributed by atoms with Gasteiger partial charge in [0.2, 0.25) is 0 Å².